The highest BCUT2D eigenvalue weighted by molar-refractivity contribution is 6.33. The molecule has 8 heteroatoms. The number of ether oxygens (including phenoxy) is 1. The Morgan fingerprint density at radius 1 is 1.26 bits per heavy atom. The number of carbonyl (C=O) groups is 2. The number of fused-ring (bicyclic) bond motifs is 1. The van der Waals surface area contributed by atoms with E-state index in [0.717, 1.165) is 24.8 Å². The average molecular weight is 443 g/mol. The Kier molecular flexibility index (Phi) is 6.04. The summed E-state index contributed by atoms with van der Waals surface area (Å²) >= 11 is 6.09. The van der Waals surface area contributed by atoms with Crippen LogP contribution in [0.15, 0.2) is 47.0 Å². The number of rotatable bonds is 5. The van der Waals surface area contributed by atoms with E-state index in [1.165, 1.54) is 30.7 Å². The van der Waals surface area contributed by atoms with Crippen molar-refractivity contribution in [2.45, 2.75) is 32.2 Å². The molecule has 1 unspecified atom stereocenters. The lowest BCUT2D eigenvalue weighted by Gasteiger charge is -2.26. The summed E-state index contributed by atoms with van der Waals surface area (Å²) in [4.78, 5) is 25.1. The molecule has 1 aliphatic rings. The van der Waals surface area contributed by atoms with Crippen molar-refractivity contribution in [2.24, 2.45) is 0 Å². The summed E-state index contributed by atoms with van der Waals surface area (Å²) < 4.78 is 24.6. The Morgan fingerprint density at radius 2 is 2.06 bits per heavy atom. The van der Waals surface area contributed by atoms with E-state index in [1.54, 1.807) is 0 Å². The zero-order chi connectivity index (χ0) is 22.0. The number of nitrogens with one attached hydrogen (secondary N) is 1. The van der Waals surface area contributed by atoms with Crippen molar-refractivity contribution >= 4 is 23.5 Å². The predicted molar refractivity (Wildman–Crippen MR) is 112 cm³/mol. The van der Waals surface area contributed by atoms with Gasteiger partial charge < -0.3 is 14.6 Å². The minimum absolute atomic E-state index is 0.0590. The number of aryl methyl sites for hydroxylation is 2. The summed E-state index contributed by atoms with van der Waals surface area (Å²) in [6.45, 7) is 1.02. The zero-order valence-electron chi connectivity index (χ0n) is 16.8. The standard InChI is InChI=1S/C23H20ClFN2O4/c1-13-20(22(27-31-13)21-16(24)9-5-10-17(21)25)23(29)30-12-19(28)26-18-11-4-7-14-6-2-3-8-15(14)18/h2-3,5-6,8-10,18H,4,7,11-12H2,1H3,(H,26,28). The predicted octanol–water partition coefficient (Wildman–Crippen LogP) is 4.79. The summed E-state index contributed by atoms with van der Waals surface area (Å²) in [6.07, 6.45) is 2.76. The van der Waals surface area contributed by atoms with Crippen LogP contribution >= 0.6 is 11.6 Å². The van der Waals surface area contributed by atoms with E-state index in [-0.39, 0.29) is 33.6 Å². The topological polar surface area (TPSA) is 81.4 Å². The maximum atomic E-state index is 14.3. The first-order chi connectivity index (χ1) is 15.0. The number of nitrogens with zero attached hydrogens (tertiary/aromatic N) is 1. The number of esters is 1. The molecule has 1 amide bonds. The van der Waals surface area contributed by atoms with Gasteiger partial charge >= 0.3 is 5.97 Å². The Labute approximate surface area is 183 Å². The van der Waals surface area contributed by atoms with E-state index < -0.39 is 24.3 Å². The van der Waals surface area contributed by atoms with Crippen LogP contribution in [0.4, 0.5) is 4.39 Å². The van der Waals surface area contributed by atoms with E-state index in [0.29, 0.717) is 0 Å². The number of hydrogen-bond acceptors (Lipinski definition) is 5. The number of amides is 1. The second-order valence-electron chi connectivity index (χ2n) is 7.35. The molecule has 0 saturated heterocycles. The fourth-order valence-electron chi connectivity index (χ4n) is 3.85. The van der Waals surface area contributed by atoms with Gasteiger partial charge in [-0.15, -0.1) is 0 Å². The smallest absolute Gasteiger partial charge is 0.344 e. The van der Waals surface area contributed by atoms with Gasteiger partial charge in [-0.2, -0.15) is 0 Å². The van der Waals surface area contributed by atoms with Gasteiger partial charge in [0, 0.05) is 0 Å². The van der Waals surface area contributed by atoms with Gasteiger partial charge in [-0.25, -0.2) is 9.18 Å². The Balaban J connectivity index is 1.46. The summed E-state index contributed by atoms with van der Waals surface area (Å²) in [5.74, 6) is -1.77. The number of carbonyl (C=O) groups excluding carboxylic acids is 2. The highest BCUT2D eigenvalue weighted by Gasteiger charge is 2.27. The van der Waals surface area contributed by atoms with Crippen LogP contribution < -0.4 is 5.32 Å². The van der Waals surface area contributed by atoms with E-state index in [4.69, 9.17) is 20.9 Å². The van der Waals surface area contributed by atoms with Crippen molar-refractivity contribution in [2.75, 3.05) is 6.61 Å². The van der Waals surface area contributed by atoms with E-state index in [1.807, 2.05) is 18.2 Å². The molecule has 0 radical (unpaired) electrons. The Bertz CT molecular complexity index is 1120. The van der Waals surface area contributed by atoms with Gasteiger partial charge in [0.15, 0.2) is 6.61 Å². The lowest BCUT2D eigenvalue weighted by atomic mass is 9.88. The van der Waals surface area contributed by atoms with Gasteiger partial charge in [-0.3, -0.25) is 4.79 Å². The summed E-state index contributed by atoms with van der Waals surface area (Å²) in [6, 6.07) is 12.0. The molecule has 2 aromatic carbocycles. The minimum Gasteiger partial charge on any atom is -0.452 e. The van der Waals surface area contributed by atoms with Crippen LogP contribution in [0, 0.1) is 12.7 Å². The van der Waals surface area contributed by atoms with Gasteiger partial charge in [0.25, 0.3) is 5.91 Å². The molecular weight excluding hydrogens is 423 g/mol. The largest absolute Gasteiger partial charge is 0.452 e. The van der Waals surface area contributed by atoms with Crippen LogP contribution in [-0.4, -0.2) is 23.6 Å². The molecule has 0 saturated carbocycles. The average Bonchev–Trinajstić information content (AvgIpc) is 3.13. The highest BCUT2D eigenvalue weighted by Crippen LogP contribution is 2.34. The second-order valence-corrected chi connectivity index (χ2v) is 7.75. The van der Waals surface area contributed by atoms with Crippen molar-refractivity contribution in [1.82, 2.24) is 10.5 Å². The van der Waals surface area contributed by atoms with E-state index >= 15 is 0 Å². The van der Waals surface area contributed by atoms with Crippen LogP contribution in [0.25, 0.3) is 11.3 Å². The van der Waals surface area contributed by atoms with Crippen LogP contribution in [0.2, 0.25) is 5.02 Å². The molecule has 0 fully saturated rings. The summed E-state index contributed by atoms with van der Waals surface area (Å²) in [5, 5.41) is 6.77. The number of halogens is 2. The molecule has 6 nitrogen and oxygen atoms in total. The summed E-state index contributed by atoms with van der Waals surface area (Å²) in [7, 11) is 0. The fourth-order valence-corrected chi connectivity index (χ4v) is 4.10. The number of benzene rings is 2. The molecule has 0 spiro atoms. The van der Waals surface area contributed by atoms with Gasteiger partial charge in [0.05, 0.1) is 16.6 Å². The van der Waals surface area contributed by atoms with Crippen molar-refractivity contribution in [3.63, 3.8) is 0 Å². The van der Waals surface area contributed by atoms with Gasteiger partial charge in [0.2, 0.25) is 0 Å². The SMILES string of the molecule is Cc1onc(-c2c(F)cccc2Cl)c1C(=O)OCC(=O)NC1CCCc2ccccc21. The third kappa shape index (κ3) is 4.32. The monoisotopic (exact) mass is 442 g/mol. The molecule has 4 rings (SSSR count). The Morgan fingerprint density at radius 3 is 2.87 bits per heavy atom. The van der Waals surface area contributed by atoms with Crippen molar-refractivity contribution in [3.05, 3.63) is 75.8 Å². The minimum atomic E-state index is -0.840. The molecule has 160 valence electrons. The van der Waals surface area contributed by atoms with E-state index in [9.17, 15) is 14.0 Å². The molecule has 1 aliphatic carbocycles. The maximum absolute atomic E-state index is 14.3. The first kappa shape index (κ1) is 21.1. The van der Waals surface area contributed by atoms with Crippen LogP contribution in [0.1, 0.15) is 46.1 Å². The third-order valence-corrected chi connectivity index (χ3v) is 5.62. The number of hydrogen-bond donors (Lipinski definition) is 1. The molecular formula is C23H20ClFN2O4. The van der Waals surface area contributed by atoms with Crippen LogP contribution in [-0.2, 0) is 16.0 Å². The zero-order valence-corrected chi connectivity index (χ0v) is 17.5. The number of aromatic nitrogens is 1. The maximum Gasteiger partial charge on any atom is 0.344 e. The van der Waals surface area contributed by atoms with E-state index in [2.05, 4.69) is 16.5 Å². The molecule has 1 heterocycles. The van der Waals surface area contributed by atoms with Crippen molar-refractivity contribution < 1.29 is 23.2 Å². The normalized spacial score (nSPS) is 15.3. The molecule has 0 bridgehead atoms. The van der Waals surface area contributed by atoms with Crippen LogP contribution in [0.3, 0.4) is 0 Å². The highest BCUT2D eigenvalue weighted by atomic mass is 35.5. The Hall–Kier alpha value is -3.19. The first-order valence-electron chi connectivity index (χ1n) is 9.90. The lowest BCUT2D eigenvalue weighted by molar-refractivity contribution is -0.125. The molecule has 1 atom stereocenters. The first-order valence-corrected chi connectivity index (χ1v) is 10.3. The van der Waals surface area contributed by atoms with Gasteiger partial charge in [-0.05, 0) is 49.4 Å². The van der Waals surface area contributed by atoms with Crippen molar-refractivity contribution in [1.29, 1.82) is 0 Å². The molecule has 3 aromatic rings. The summed E-state index contributed by atoms with van der Waals surface area (Å²) in [5.41, 5.74) is 2.11. The third-order valence-electron chi connectivity index (χ3n) is 5.31. The van der Waals surface area contributed by atoms with Gasteiger partial charge in [0.1, 0.15) is 22.8 Å². The fraction of sp³-hybridized carbons (Fsp3) is 0.261. The molecule has 31 heavy (non-hydrogen) atoms. The quantitative estimate of drug-likeness (QED) is 0.574. The molecule has 0 aliphatic heterocycles. The second kappa shape index (κ2) is 8.89. The molecule has 1 aromatic heterocycles. The van der Waals surface area contributed by atoms with Crippen LogP contribution in [0.5, 0.6) is 0 Å². The molecule has 1 N–H and O–H groups in total. The van der Waals surface area contributed by atoms with Crippen molar-refractivity contribution in [3.8, 4) is 11.3 Å². The lowest BCUT2D eigenvalue weighted by Crippen LogP contribution is -2.34. The van der Waals surface area contributed by atoms with Gasteiger partial charge in [-0.1, -0.05) is 47.1 Å².